The third-order valence-corrected chi connectivity index (χ3v) is 7.59. The third-order valence-electron chi connectivity index (χ3n) is 7.31. The summed E-state index contributed by atoms with van der Waals surface area (Å²) < 4.78 is 41.4. The molecule has 2 N–H and O–H groups in total. The standard InChI is InChI=1S/C28H34ClF2N5O4/c1-26(2,3)39-24(37)33-17-11-28(17)8-9-36(13-28)22-14(29)12-32-23-19(22)18-20(31)15(30)10-16(21(18)34-23)35(7)25(38)40-27(4,5)6/h10,12,17H,8-9,11,13H2,1-7H3,(H,32,34)(H,33,37)/t17-,28-/m0/s1. The Morgan fingerprint density at radius 1 is 1.18 bits per heavy atom. The van der Waals surface area contributed by atoms with Crippen LogP contribution in [0.2, 0.25) is 5.02 Å². The molecule has 2 atom stereocenters. The summed E-state index contributed by atoms with van der Waals surface area (Å²) in [5, 5.41) is 3.52. The fourth-order valence-electron chi connectivity index (χ4n) is 5.44. The third kappa shape index (κ3) is 5.11. The molecule has 1 aromatic carbocycles. The number of ether oxygens (including phenoxy) is 2. The number of benzene rings is 1. The highest BCUT2D eigenvalue weighted by Gasteiger charge is 2.58. The molecule has 0 radical (unpaired) electrons. The topological polar surface area (TPSA) is 99.8 Å². The van der Waals surface area contributed by atoms with Gasteiger partial charge in [-0.1, -0.05) is 11.6 Å². The number of hydrogen-bond acceptors (Lipinski definition) is 6. The molecule has 3 heterocycles. The van der Waals surface area contributed by atoms with E-state index < -0.39 is 35.0 Å². The summed E-state index contributed by atoms with van der Waals surface area (Å²) in [5.41, 5.74) is -0.432. The van der Waals surface area contributed by atoms with Crippen LogP contribution in [-0.4, -0.2) is 59.5 Å². The molecule has 1 aliphatic carbocycles. The molecule has 1 saturated heterocycles. The lowest BCUT2D eigenvalue weighted by Crippen LogP contribution is -2.36. The molecule has 2 fully saturated rings. The summed E-state index contributed by atoms with van der Waals surface area (Å²) in [6, 6.07) is 0.898. The van der Waals surface area contributed by atoms with Crippen molar-refractivity contribution in [3.63, 3.8) is 0 Å². The number of rotatable bonds is 3. The van der Waals surface area contributed by atoms with Crippen LogP contribution in [0, 0.1) is 17.0 Å². The highest BCUT2D eigenvalue weighted by Crippen LogP contribution is 2.55. The van der Waals surface area contributed by atoms with Gasteiger partial charge in [0.2, 0.25) is 0 Å². The van der Waals surface area contributed by atoms with E-state index in [1.165, 1.54) is 13.2 Å². The highest BCUT2D eigenvalue weighted by molar-refractivity contribution is 6.36. The van der Waals surface area contributed by atoms with Gasteiger partial charge in [-0.2, -0.15) is 0 Å². The van der Waals surface area contributed by atoms with Gasteiger partial charge in [-0.25, -0.2) is 23.4 Å². The number of nitrogens with zero attached hydrogens (tertiary/aromatic N) is 3. The molecule has 5 rings (SSSR count). The number of alkyl carbamates (subject to hydrolysis) is 1. The Labute approximate surface area is 236 Å². The van der Waals surface area contributed by atoms with E-state index in [2.05, 4.69) is 15.3 Å². The number of anilines is 2. The average Bonchev–Trinajstić information content (AvgIpc) is 3.13. The quantitative estimate of drug-likeness (QED) is 0.368. The number of carbonyl (C=O) groups excluding carboxylic acids is 2. The Morgan fingerprint density at radius 3 is 2.50 bits per heavy atom. The van der Waals surface area contributed by atoms with Gasteiger partial charge in [-0.15, -0.1) is 0 Å². The molecular formula is C28H34ClF2N5O4. The van der Waals surface area contributed by atoms with Gasteiger partial charge in [0.25, 0.3) is 0 Å². The summed E-state index contributed by atoms with van der Waals surface area (Å²) >= 11 is 6.66. The lowest BCUT2D eigenvalue weighted by Gasteiger charge is -2.25. The van der Waals surface area contributed by atoms with E-state index in [1.807, 2.05) is 25.7 Å². The van der Waals surface area contributed by atoms with Gasteiger partial charge in [0.15, 0.2) is 11.6 Å². The molecule has 40 heavy (non-hydrogen) atoms. The largest absolute Gasteiger partial charge is 0.444 e. The van der Waals surface area contributed by atoms with Crippen molar-refractivity contribution in [2.75, 3.05) is 29.9 Å². The van der Waals surface area contributed by atoms with Crippen LogP contribution in [0.1, 0.15) is 54.4 Å². The summed E-state index contributed by atoms with van der Waals surface area (Å²) in [6.45, 7) is 11.7. The number of hydrogen-bond donors (Lipinski definition) is 2. The average molecular weight is 578 g/mol. The molecule has 2 amide bonds. The van der Waals surface area contributed by atoms with Crippen LogP contribution in [0.4, 0.5) is 29.7 Å². The molecule has 3 aromatic rings. The van der Waals surface area contributed by atoms with Crippen LogP contribution in [0.5, 0.6) is 0 Å². The van der Waals surface area contributed by atoms with Gasteiger partial charge in [0.05, 0.1) is 38.9 Å². The van der Waals surface area contributed by atoms with Crippen LogP contribution in [0.15, 0.2) is 12.3 Å². The summed E-state index contributed by atoms with van der Waals surface area (Å²) in [5.74, 6) is -2.19. The number of H-pyrrole nitrogens is 1. The van der Waals surface area contributed by atoms with Crippen molar-refractivity contribution in [3.8, 4) is 0 Å². The molecule has 1 saturated carbocycles. The highest BCUT2D eigenvalue weighted by atomic mass is 35.5. The number of aromatic amines is 1. The van der Waals surface area contributed by atoms with Crippen molar-refractivity contribution in [3.05, 3.63) is 28.9 Å². The second-order valence-electron chi connectivity index (χ2n) is 12.7. The number of pyridine rings is 1. The Bertz CT molecular complexity index is 1530. The molecule has 0 bridgehead atoms. The number of amides is 2. The maximum absolute atomic E-state index is 15.5. The molecule has 2 aromatic heterocycles. The monoisotopic (exact) mass is 577 g/mol. The Hall–Kier alpha value is -3.34. The minimum Gasteiger partial charge on any atom is -0.444 e. The van der Waals surface area contributed by atoms with Crippen molar-refractivity contribution < 1.29 is 27.8 Å². The first-order valence-electron chi connectivity index (χ1n) is 13.2. The second-order valence-corrected chi connectivity index (χ2v) is 13.1. The molecule has 1 spiro atoms. The molecule has 216 valence electrons. The summed E-state index contributed by atoms with van der Waals surface area (Å²) in [6.07, 6.45) is 1.83. The van der Waals surface area contributed by atoms with Gasteiger partial charge < -0.3 is 24.7 Å². The first-order valence-corrected chi connectivity index (χ1v) is 13.6. The Morgan fingerprint density at radius 2 is 1.85 bits per heavy atom. The molecule has 9 nitrogen and oxygen atoms in total. The zero-order chi connectivity index (χ0) is 29.4. The van der Waals surface area contributed by atoms with E-state index in [0.717, 1.165) is 23.8 Å². The van der Waals surface area contributed by atoms with Gasteiger partial charge in [0, 0.05) is 37.7 Å². The fraction of sp³-hybridized carbons (Fsp3) is 0.536. The number of carbonyl (C=O) groups is 2. The van der Waals surface area contributed by atoms with Crippen LogP contribution in [0.3, 0.4) is 0 Å². The maximum Gasteiger partial charge on any atom is 0.414 e. The van der Waals surface area contributed by atoms with Crippen molar-refractivity contribution in [1.29, 1.82) is 0 Å². The van der Waals surface area contributed by atoms with E-state index in [4.69, 9.17) is 21.1 Å². The van der Waals surface area contributed by atoms with Crippen molar-refractivity contribution in [2.24, 2.45) is 5.41 Å². The van der Waals surface area contributed by atoms with E-state index in [-0.39, 0.29) is 33.1 Å². The molecule has 1 aliphatic heterocycles. The number of fused-ring (bicyclic) bond motifs is 3. The van der Waals surface area contributed by atoms with E-state index in [9.17, 15) is 9.59 Å². The Kier molecular flexibility index (Phi) is 6.60. The van der Waals surface area contributed by atoms with Crippen molar-refractivity contribution in [1.82, 2.24) is 15.3 Å². The van der Waals surface area contributed by atoms with Crippen LogP contribution in [-0.2, 0) is 9.47 Å². The zero-order valence-electron chi connectivity index (χ0n) is 23.7. The van der Waals surface area contributed by atoms with Crippen LogP contribution < -0.4 is 15.1 Å². The Balaban J connectivity index is 1.52. The minimum atomic E-state index is -1.12. The van der Waals surface area contributed by atoms with Crippen molar-refractivity contribution in [2.45, 2.75) is 71.6 Å². The zero-order valence-corrected chi connectivity index (χ0v) is 24.4. The molecule has 2 aliphatic rings. The summed E-state index contributed by atoms with van der Waals surface area (Å²) in [4.78, 5) is 35.7. The minimum absolute atomic E-state index is 0.0504. The van der Waals surface area contributed by atoms with Crippen LogP contribution in [0.25, 0.3) is 21.9 Å². The first-order chi connectivity index (χ1) is 18.5. The predicted octanol–water partition coefficient (Wildman–Crippen LogP) is 6.51. The predicted molar refractivity (Wildman–Crippen MR) is 150 cm³/mol. The molecule has 12 heteroatoms. The second kappa shape index (κ2) is 9.36. The van der Waals surface area contributed by atoms with E-state index >= 15 is 8.78 Å². The fourth-order valence-corrected chi connectivity index (χ4v) is 5.71. The summed E-state index contributed by atoms with van der Waals surface area (Å²) in [7, 11) is 1.43. The van der Waals surface area contributed by atoms with Gasteiger partial charge >= 0.3 is 12.2 Å². The molecular weight excluding hydrogens is 544 g/mol. The van der Waals surface area contributed by atoms with Gasteiger partial charge in [-0.3, -0.25) is 4.90 Å². The van der Waals surface area contributed by atoms with Crippen molar-refractivity contribution >= 4 is 57.1 Å². The van der Waals surface area contributed by atoms with Gasteiger partial charge in [0.1, 0.15) is 16.8 Å². The lowest BCUT2D eigenvalue weighted by molar-refractivity contribution is 0.0515. The SMILES string of the molecule is CN(C(=O)OC(C)(C)C)c1cc(F)c(F)c2c1[nH]c1ncc(Cl)c(N3CC[C@]4(C[C@@H]4NC(=O)OC(C)(C)C)C3)c12. The normalized spacial score (nSPS) is 20.9. The number of halogens is 3. The smallest absolute Gasteiger partial charge is 0.414 e. The molecule has 0 unspecified atom stereocenters. The maximum atomic E-state index is 15.5. The first kappa shape index (κ1) is 28.2. The van der Waals surface area contributed by atoms with Crippen LogP contribution >= 0.6 is 11.6 Å². The van der Waals surface area contributed by atoms with E-state index in [0.29, 0.717) is 29.8 Å². The number of aromatic nitrogens is 2. The lowest BCUT2D eigenvalue weighted by atomic mass is 10.1. The van der Waals surface area contributed by atoms with Gasteiger partial charge in [-0.05, 0) is 54.4 Å². The van der Waals surface area contributed by atoms with E-state index in [1.54, 1.807) is 20.8 Å². The number of nitrogens with one attached hydrogen (secondary N) is 2.